The second kappa shape index (κ2) is 9.80. The van der Waals surface area contributed by atoms with Crippen LogP contribution < -0.4 is 0 Å². The van der Waals surface area contributed by atoms with Gasteiger partial charge < -0.3 is 9.80 Å². The van der Waals surface area contributed by atoms with Crippen LogP contribution in [0.4, 0.5) is 8.78 Å². The summed E-state index contributed by atoms with van der Waals surface area (Å²) in [5.74, 6) is 0.261. The number of hydrogen-bond acceptors (Lipinski definition) is 3. The first-order valence-electron chi connectivity index (χ1n) is 11.1. The molecule has 1 saturated heterocycles. The lowest BCUT2D eigenvalue weighted by atomic mass is 9.83. The quantitative estimate of drug-likeness (QED) is 0.632. The third-order valence-corrected chi connectivity index (χ3v) is 6.52. The molecule has 1 unspecified atom stereocenters. The molecule has 1 heterocycles. The van der Waals surface area contributed by atoms with Crippen molar-refractivity contribution in [1.29, 1.82) is 0 Å². The molecule has 30 heavy (non-hydrogen) atoms. The first kappa shape index (κ1) is 21.1. The number of Topliss-reactive ketones (excluding diaryl/α,β-unsaturated/α-hetero) is 1. The smallest absolute Gasteiger partial charge is 0.162 e. The summed E-state index contributed by atoms with van der Waals surface area (Å²) in [5, 5.41) is 0. The van der Waals surface area contributed by atoms with Crippen LogP contribution in [-0.2, 0) is 12.8 Å². The number of halogens is 2. The highest BCUT2D eigenvalue weighted by atomic mass is 19.1. The molecule has 1 aliphatic carbocycles. The molecule has 2 aromatic rings. The van der Waals surface area contributed by atoms with Crippen LogP contribution in [0.25, 0.3) is 0 Å². The van der Waals surface area contributed by atoms with Crippen molar-refractivity contribution >= 4 is 5.78 Å². The van der Waals surface area contributed by atoms with Crippen molar-refractivity contribution in [3.05, 3.63) is 70.8 Å². The van der Waals surface area contributed by atoms with Crippen LogP contribution in [0.3, 0.4) is 0 Å². The monoisotopic (exact) mass is 412 g/mol. The highest BCUT2D eigenvalue weighted by molar-refractivity contribution is 5.95. The molecule has 0 saturated carbocycles. The van der Waals surface area contributed by atoms with Gasteiger partial charge in [-0.1, -0.05) is 6.07 Å². The van der Waals surface area contributed by atoms with E-state index >= 15 is 0 Å². The van der Waals surface area contributed by atoms with E-state index in [0.29, 0.717) is 17.9 Å². The summed E-state index contributed by atoms with van der Waals surface area (Å²) in [5.41, 5.74) is 3.10. The Hall–Kier alpha value is -2.11. The summed E-state index contributed by atoms with van der Waals surface area (Å²) in [6.07, 6.45) is 4.57. The van der Waals surface area contributed by atoms with Gasteiger partial charge in [-0.15, -0.1) is 0 Å². The lowest BCUT2D eigenvalue weighted by Crippen LogP contribution is -2.48. The molecule has 2 aliphatic rings. The van der Waals surface area contributed by atoms with Crippen LogP contribution in [0.2, 0.25) is 0 Å². The fourth-order valence-corrected chi connectivity index (χ4v) is 4.76. The average molecular weight is 413 g/mol. The van der Waals surface area contributed by atoms with Crippen LogP contribution in [0, 0.1) is 17.6 Å². The highest BCUT2D eigenvalue weighted by Crippen LogP contribution is 2.27. The Kier molecular flexibility index (Phi) is 6.90. The zero-order valence-corrected chi connectivity index (χ0v) is 17.5. The molecule has 1 atom stereocenters. The minimum Gasteiger partial charge on any atom is -0.301 e. The lowest BCUT2D eigenvalue weighted by molar-refractivity contribution is 0.0950. The Labute approximate surface area is 177 Å². The molecule has 3 nitrogen and oxygen atoms in total. The Morgan fingerprint density at radius 2 is 1.60 bits per heavy atom. The molecule has 160 valence electrons. The van der Waals surface area contributed by atoms with Crippen molar-refractivity contribution in [3.63, 3.8) is 0 Å². The number of carbonyl (C=O) groups is 1. The molecule has 2 aromatic carbocycles. The molecular weight excluding hydrogens is 382 g/mol. The van der Waals surface area contributed by atoms with Crippen molar-refractivity contribution < 1.29 is 13.6 Å². The fourth-order valence-electron chi connectivity index (χ4n) is 4.76. The van der Waals surface area contributed by atoms with Gasteiger partial charge in [0.25, 0.3) is 0 Å². The molecular formula is C25H30F2N2O. The predicted octanol–water partition coefficient (Wildman–Crippen LogP) is 4.35. The number of ketones is 1. The maximum atomic E-state index is 13.5. The maximum absolute atomic E-state index is 13.5. The Morgan fingerprint density at radius 1 is 0.900 bits per heavy atom. The Bertz CT molecular complexity index is 860. The van der Waals surface area contributed by atoms with E-state index in [-0.39, 0.29) is 17.4 Å². The minimum atomic E-state index is -0.311. The van der Waals surface area contributed by atoms with E-state index < -0.39 is 0 Å². The number of fused-ring (bicyclic) bond motifs is 1. The SMILES string of the molecule is O=C(CCCN1CCN(CC2CCc3ccc(F)cc3C2)CC1)c1ccc(F)cc1. The van der Waals surface area contributed by atoms with Crippen molar-refractivity contribution in [1.82, 2.24) is 9.80 Å². The predicted molar refractivity (Wildman–Crippen MR) is 115 cm³/mol. The van der Waals surface area contributed by atoms with Crippen LogP contribution in [0.1, 0.15) is 40.7 Å². The molecule has 5 heteroatoms. The summed E-state index contributed by atoms with van der Waals surface area (Å²) in [7, 11) is 0. The minimum absolute atomic E-state index is 0.0858. The average Bonchev–Trinajstić information content (AvgIpc) is 2.75. The molecule has 0 radical (unpaired) electrons. The summed E-state index contributed by atoms with van der Waals surface area (Å²) < 4.78 is 26.5. The molecule has 1 aliphatic heterocycles. The standard InChI is InChI=1S/C25H30F2N2O/c26-23-8-6-21(7-9-23)25(30)2-1-11-28-12-14-29(15-13-28)18-19-3-4-20-5-10-24(27)17-22(20)16-19/h5-10,17,19H,1-4,11-16,18H2. The fraction of sp³-hybridized carbons (Fsp3) is 0.480. The molecule has 0 bridgehead atoms. The van der Waals surface area contributed by atoms with Crippen LogP contribution in [0.5, 0.6) is 0 Å². The highest BCUT2D eigenvalue weighted by Gasteiger charge is 2.24. The van der Waals surface area contributed by atoms with Gasteiger partial charge in [0.1, 0.15) is 11.6 Å². The van der Waals surface area contributed by atoms with Crippen LogP contribution in [-0.4, -0.2) is 54.9 Å². The molecule has 4 rings (SSSR count). The first-order chi connectivity index (χ1) is 14.6. The zero-order chi connectivity index (χ0) is 20.9. The van der Waals surface area contributed by atoms with Gasteiger partial charge in [-0.05, 0) is 85.7 Å². The van der Waals surface area contributed by atoms with Gasteiger partial charge in [-0.2, -0.15) is 0 Å². The van der Waals surface area contributed by atoms with E-state index in [1.54, 1.807) is 24.3 Å². The number of carbonyl (C=O) groups excluding carboxylic acids is 1. The topological polar surface area (TPSA) is 23.6 Å². The third kappa shape index (κ3) is 5.52. The molecule has 0 amide bonds. The molecule has 0 aromatic heterocycles. The number of rotatable bonds is 7. The van der Waals surface area contributed by atoms with Crippen LogP contribution in [0.15, 0.2) is 42.5 Å². The molecule has 0 N–H and O–H groups in total. The van der Waals surface area contributed by atoms with E-state index in [1.807, 2.05) is 6.07 Å². The zero-order valence-electron chi connectivity index (χ0n) is 17.5. The van der Waals surface area contributed by atoms with E-state index in [1.165, 1.54) is 29.7 Å². The summed E-state index contributed by atoms with van der Waals surface area (Å²) >= 11 is 0. The normalized spacial score (nSPS) is 20.1. The first-order valence-corrected chi connectivity index (χ1v) is 11.1. The van der Waals surface area contributed by atoms with E-state index in [2.05, 4.69) is 9.80 Å². The van der Waals surface area contributed by atoms with Crippen LogP contribution >= 0.6 is 0 Å². The second-order valence-electron chi connectivity index (χ2n) is 8.70. The van der Waals surface area contributed by atoms with Gasteiger partial charge in [-0.25, -0.2) is 8.78 Å². The maximum Gasteiger partial charge on any atom is 0.162 e. The van der Waals surface area contributed by atoms with Crippen molar-refractivity contribution in [3.8, 4) is 0 Å². The van der Waals surface area contributed by atoms with Crippen molar-refractivity contribution in [2.45, 2.75) is 32.1 Å². The number of nitrogens with zero attached hydrogens (tertiary/aromatic N) is 2. The van der Waals surface area contributed by atoms with Gasteiger partial charge in [0.05, 0.1) is 0 Å². The Morgan fingerprint density at radius 3 is 2.37 bits per heavy atom. The van der Waals surface area contributed by atoms with E-state index in [4.69, 9.17) is 0 Å². The summed E-state index contributed by atoms with van der Waals surface area (Å²) in [4.78, 5) is 17.2. The number of hydrogen-bond donors (Lipinski definition) is 0. The van der Waals surface area contributed by atoms with Crippen molar-refractivity contribution in [2.75, 3.05) is 39.3 Å². The molecule has 1 fully saturated rings. The lowest BCUT2D eigenvalue weighted by Gasteiger charge is -2.37. The van der Waals surface area contributed by atoms with E-state index in [0.717, 1.165) is 58.5 Å². The van der Waals surface area contributed by atoms with Crippen molar-refractivity contribution in [2.24, 2.45) is 5.92 Å². The molecule has 0 spiro atoms. The summed E-state index contributed by atoms with van der Waals surface area (Å²) in [6.45, 7) is 6.19. The van der Waals surface area contributed by atoms with Gasteiger partial charge in [0.2, 0.25) is 0 Å². The van der Waals surface area contributed by atoms with Gasteiger partial charge in [0, 0.05) is 44.7 Å². The Balaban J connectivity index is 1.16. The van der Waals surface area contributed by atoms with Gasteiger partial charge >= 0.3 is 0 Å². The second-order valence-corrected chi connectivity index (χ2v) is 8.70. The number of aryl methyl sites for hydroxylation is 1. The van der Waals surface area contributed by atoms with E-state index in [9.17, 15) is 13.6 Å². The van der Waals surface area contributed by atoms with Gasteiger partial charge in [0.15, 0.2) is 5.78 Å². The number of benzene rings is 2. The third-order valence-electron chi connectivity index (χ3n) is 6.52. The van der Waals surface area contributed by atoms with Gasteiger partial charge in [-0.3, -0.25) is 4.79 Å². The largest absolute Gasteiger partial charge is 0.301 e. The summed E-state index contributed by atoms with van der Waals surface area (Å²) in [6, 6.07) is 11.0. The number of piperazine rings is 1.